The highest BCUT2D eigenvalue weighted by atomic mass is 16.2. The third-order valence-corrected chi connectivity index (χ3v) is 6.40. The number of nitrogens with one attached hydrogen (secondary N) is 1. The molecule has 0 saturated heterocycles. The van der Waals surface area contributed by atoms with Gasteiger partial charge in [0.15, 0.2) is 0 Å². The molecule has 4 nitrogen and oxygen atoms in total. The standard InChI is InChI=1S/C31H38N2O2/c1-22(2)20-32-31(35)29(18-26-12-7-6-8-13-26)33(21-27-14-10-9-11-24(27)4)30(34)19-28-17-23(3)15-16-25(28)5/h6-17,22,29H,18-21H2,1-5H3,(H,32,35)/t29-/m0/s1. The van der Waals surface area contributed by atoms with Crippen molar-refractivity contribution in [3.05, 3.63) is 106 Å². The van der Waals surface area contributed by atoms with Gasteiger partial charge in [0.25, 0.3) is 0 Å². The van der Waals surface area contributed by atoms with Crippen LogP contribution in [-0.4, -0.2) is 29.3 Å². The van der Waals surface area contributed by atoms with Crippen molar-refractivity contribution in [1.29, 1.82) is 0 Å². The van der Waals surface area contributed by atoms with Crippen molar-refractivity contribution in [3.63, 3.8) is 0 Å². The molecule has 0 unspecified atom stereocenters. The van der Waals surface area contributed by atoms with Crippen molar-refractivity contribution in [1.82, 2.24) is 10.2 Å². The van der Waals surface area contributed by atoms with Crippen LogP contribution in [0.5, 0.6) is 0 Å². The summed E-state index contributed by atoms with van der Waals surface area (Å²) in [6.45, 7) is 11.2. The lowest BCUT2D eigenvalue weighted by Crippen LogP contribution is -2.51. The van der Waals surface area contributed by atoms with E-state index in [1.165, 1.54) is 0 Å². The van der Waals surface area contributed by atoms with E-state index in [4.69, 9.17) is 0 Å². The Hall–Kier alpha value is -3.40. The smallest absolute Gasteiger partial charge is 0.243 e. The van der Waals surface area contributed by atoms with E-state index in [0.29, 0.717) is 25.4 Å². The number of hydrogen-bond donors (Lipinski definition) is 1. The normalized spacial score (nSPS) is 11.8. The molecule has 1 N–H and O–H groups in total. The predicted octanol–water partition coefficient (Wildman–Crippen LogP) is 5.57. The highest BCUT2D eigenvalue weighted by Crippen LogP contribution is 2.20. The summed E-state index contributed by atoms with van der Waals surface area (Å²) in [6, 6.07) is 23.6. The largest absolute Gasteiger partial charge is 0.354 e. The van der Waals surface area contributed by atoms with E-state index in [9.17, 15) is 9.59 Å². The molecule has 1 atom stereocenters. The molecule has 0 aliphatic carbocycles. The summed E-state index contributed by atoms with van der Waals surface area (Å²) in [4.78, 5) is 29.2. The Balaban J connectivity index is 2.00. The van der Waals surface area contributed by atoms with Gasteiger partial charge in [-0.1, -0.05) is 92.2 Å². The van der Waals surface area contributed by atoms with Crippen molar-refractivity contribution in [2.75, 3.05) is 6.54 Å². The van der Waals surface area contributed by atoms with Gasteiger partial charge in [0.05, 0.1) is 6.42 Å². The zero-order valence-corrected chi connectivity index (χ0v) is 21.7. The molecule has 0 saturated carbocycles. The van der Waals surface area contributed by atoms with Crippen LogP contribution in [-0.2, 0) is 29.0 Å². The minimum absolute atomic E-state index is 0.0393. The van der Waals surface area contributed by atoms with E-state index >= 15 is 0 Å². The second kappa shape index (κ2) is 12.3. The van der Waals surface area contributed by atoms with E-state index < -0.39 is 6.04 Å². The van der Waals surface area contributed by atoms with Gasteiger partial charge in [-0.15, -0.1) is 0 Å². The highest BCUT2D eigenvalue weighted by Gasteiger charge is 2.31. The number of benzene rings is 3. The highest BCUT2D eigenvalue weighted by molar-refractivity contribution is 5.89. The van der Waals surface area contributed by atoms with Crippen molar-refractivity contribution in [2.45, 2.75) is 60.0 Å². The maximum Gasteiger partial charge on any atom is 0.243 e. The molecule has 0 bridgehead atoms. The third-order valence-electron chi connectivity index (χ3n) is 6.40. The van der Waals surface area contributed by atoms with Gasteiger partial charge in [-0.2, -0.15) is 0 Å². The number of carbonyl (C=O) groups excluding carboxylic acids is 2. The Kier molecular flexibility index (Phi) is 9.25. The number of rotatable bonds is 10. The van der Waals surface area contributed by atoms with Crippen molar-refractivity contribution < 1.29 is 9.59 Å². The summed E-state index contributed by atoms with van der Waals surface area (Å²) >= 11 is 0. The molecule has 184 valence electrons. The molecular weight excluding hydrogens is 432 g/mol. The molecular formula is C31H38N2O2. The lowest BCUT2D eigenvalue weighted by molar-refractivity contribution is -0.140. The van der Waals surface area contributed by atoms with Gasteiger partial charge in [0, 0.05) is 19.5 Å². The summed E-state index contributed by atoms with van der Waals surface area (Å²) in [6.07, 6.45) is 0.733. The molecule has 0 aromatic heterocycles. The predicted molar refractivity (Wildman–Crippen MR) is 143 cm³/mol. The third kappa shape index (κ3) is 7.54. The van der Waals surface area contributed by atoms with Gasteiger partial charge in [-0.05, 0) is 54.5 Å². The number of aryl methyl sites for hydroxylation is 3. The Labute approximate surface area is 210 Å². The van der Waals surface area contributed by atoms with Gasteiger partial charge in [-0.3, -0.25) is 9.59 Å². The molecule has 3 aromatic rings. The second-order valence-corrected chi connectivity index (χ2v) is 9.90. The summed E-state index contributed by atoms with van der Waals surface area (Å²) in [5, 5.41) is 3.09. The molecule has 3 aromatic carbocycles. The minimum atomic E-state index is -0.603. The maximum atomic E-state index is 13.9. The molecule has 2 amide bonds. The second-order valence-electron chi connectivity index (χ2n) is 9.90. The molecule has 4 heteroatoms. The SMILES string of the molecule is Cc1ccc(C)c(CC(=O)N(Cc2ccccc2C)[C@@H](Cc2ccccc2)C(=O)NCC(C)C)c1. The van der Waals surface area contributed by atoms with Gasteiger partial charge in [0.1, 0.15) is 6.04 Å². The zero-order chi connectivity index (χ0) is 25.4. The first kappa shape index (κ1) is 26.2. The van der Waals surface area contributed by atoms with Crippen LogP contribution in [0.3, 0.4) is 0 Å². The molecule has 35 heavy (non-hydrogen) atoms. The molecule has 0 aliphatic rings. The van der Waals surface area contributed by atoms with Gasteiger partial charge in [-0.25, -0.2) is 0 Å². The molecule has 0 radical (unpaired) electrons. The number of nitrogens with zero attached hydrogens (tertiary/aromatic N) is 1. The molecule has 3 rings (SSSR count). The van der Waals surface area contributed by atoms with Crippen molar-refractivity contribution >= 4 is 11.8 Å². The van der Waals surface area contributed by atoms with E-state index in [1.54, 1.807) is 4.90 Å². The fourth-order valence-electron chi connectivity index (χ4n) is 4.20. The fourth-order valence-corrected chi connectivity index (χ4v) is 4.20. The van der Waals surface area contributed by atoms with Crippen LogP contribution in [0, 0.1) is 26.7 Å². The summed E-state index contributed by atoms with van der Waals surface area (Å²) in [5.74, 6) is 0.180. The summed E-state index contributed by atoms with van der Waals surface area (Å²) in [5.41, 5.74) is 6.41. The van der Waals surface area contributed by atoms with E-state index in [2.05, 4.69) is 37.4 Å². The molecule has 0 heterocycles. The fraction of sp³-hybridized carbons (Fsp3) is 0.355. The molecule has 0 aliphatic heterocycles. The van der Waals surface area contributed by atoms with Gasteiger partial charge >= 0.3 is 0 Å². The maximum absolute atomic E-state index is 13.9. The lowest BCUT2D eigenvalue weighted by Gasteiger charge is -2.32. The molecule has 0 spiro atoms. The van der Waals surface area contributed by atoms with E-state index in [1.807, 2.05) is 75.4 Å². The number of amides is 2. The van der Waals surface area contributed by atoms with Crippen molar-refractivity contribution in [3.8, 4) is 0 Å². The Morgan fingerprint density at radius 2 is 1.49 bits per heavy atom. The Bertz CT molecular complexity index is 1140. The first-order valence-corrected chi connectivity index (χ1v) is 12.5. The average molecular weight is 471 g/mol. The van der Waals surface area contributed by atoms with Gasteiger partial charge < -0.3 is 10.2 Å². The Morgan fingerprint density at radius 3 is 2.17 bits per heavy atom. The van der Waals surface area contributed by atoms with E-state index in [0.717, 1.165) is 33.4 Å². The van der Waals surface area contributed by atoms with Crippen LogP contribution >= 0.6 is 0 Å². The van der Waals surface area contributed by atoms with E-state index in [-0.39, 0.29) is 18.2 Å². The first-order valence-electron chi connectivity index (χ1n) is 12.5. The lowest BCUT2D eigenvalue weighted by atomic mass is 9.98. The van der Waals surface area contributed by atoms with Crippen LogP contribution in [0.15, 0.2) is 72.8 Å². The Morgan fingerprint density at radius 1 is 0.829 bits per heavy atom. The zero-order valence-electron chi connectivity index (χ0n) is 21.7. The van der Waals surface area contributed by atoms with Gasteiger partial charge in [0.2, 0.25) is 11.8 Å². The monoisotopic (exact) mass is 470 g/mol. The van der Waals surface area contributed by atoms with Crippen LogP contribution in [0.4, 0.5) is 0 Å². The summed E-state index contributed by atoms with van der Waals surface area (Å²) < 4.78 is 0. The first-order chi connectivity index (χ1) is 16.7. The quantitative estimate of drug-likeness (QED) is 0.421. The molecule has 0 fully saturated rings. The van der Waals surface area contributed by atoms with Crippen LogP contribution in [0.25, 0.3) is 0 Å². The number of hydrogen-bond acceptors (Lipinski definition) is 2. The van der Waals surface area contributed by atoms with Crippen LogP contribution < -0.4 is 5.32 Å². The van der Waals surface area contributed by atoms with Crippen LogP contribution in [0.2, 0.25) is 0 Å². The van der Waals surface area contributed by atoms with Crippen LogP contribution in [0.1, 0.15) is 47.2 Å². The number of carbonyl (C=O) groups is 2. The van der Waals surface area contributed by atoms with Crippen molar-refractivity contribution in [2.24, 2.45) is 5.92 Å². The average Bonchev–Trinajstić information content (AvgIpc) is 2.83. The summed E-state index contributed by atoms with van der Waals surface area (Å²) in [7, 11) is 0. The topological polar surface area (TPSA) is 49.4 Å². The minimum Gasteiger partial charge on any atom is -0.354 e.